The highest BCUT2D eigenvalue weighted by Crippen LogP contribution is 2.33. The zero-order valence-electron chi connectivity index (χ0n) is 15.4. The first-order valence-corrected chi connectivity index (χ1v) is 9.19. The number of halogens is 1. The van der Waals surface area contributed by atoms with Crippen molar-refractivity contribution < 1.29 is 39.4 Å². The Balaban J connectivity index is 1.81. The zero-order chi connectivity index (χ0) is 21.1. The molecule has 0 aliphatic carbocycles. The van der Waals surface area contributed by atoms with E-state index in [2.05, 4.69) is 0 Å². The number of hydrogen-bond donors (Lipinski definition) is 4. The van der Waals surface area contributed by atoms with Crippen LogP contribution in [0.2, 0.25) is 5.02 Å². The number of aliphatic hydroxyl groups is 4. The van der Waals surface area contributed by atoms with Gasteiger partial charge >= 0.3 is 5.97 Å². The Morgan fingerprint density at radius 3 is 2.45 bits per heavy atom. The molecule has 2 aromatic carbocycles. The highest BCUT2D eigenvalue weighted by molar-refractivity contribution is 6.32. The van der Waals surface area contributed by atoms with E-state index in [9.17, 15) is 25.2 Å². The maximum absolute atomic E-state index is 11.7. The summed E-state index contributed by atoms with van der Waals surface area (Å²) in [5.41, 5.74) is 1.83. The number of aliphatic hydroxyl groups excluding tert-OH is 4. The Kier molecular flexibility index (Phi) is 6.74. The number of carbonyl (C=O) groups excluding carboxylic acids is 1. The van der Waals surface area contributed by atoms with Crippen molar-refractivity contribution in [3.8, 4) is 16.9 Å². The van der Waals surface area contributed by atoms with Gasteiger partial charge in [0.15, 0.2) is 0 Å². The smallest absolute Gasteiger partial charge is 0.337 e. The van der Waals surface area contributed by atoms with Crippen LogP contribution in [0.4, 0.5) is 0 Å². The number of benzene rings is 2. The first-order chi connectivity index (χ1) is 13.8. The molecule has 1 saturated heterocycles. The molecule has 0 amide bonds. The van der Waals surface area contributed by atoms with Gasteiger partial charge in [0.05, 0.1) is 24.3 Å². The van der Waals surface area contributed by atoms with E-state index >= 15 is 0 Å². The van der Waals surface area contributed by atoms with E-state index in [-0.39, 0.29) is 10.8 Å². The molecule has 1 fully saturated rings. The molecule has 8 nitrogen and oxygen atoms in total. The maximum atomic E-state index is 11.7. The summed E-state index contributed by atoms with van der Waals surface area (Å²) in [6.45, 7) is -0.561. The summed E-state index contributed by atoms with van der Waals surface area (Å²) in [4.78, 5) is 11.7. The standard InChI is InChI=1S/C20H21ClO8/c1-27-19(26)12-4-2-3-10(7-12)11-5-6-14(13(21)8-11)28-20-18(25)17(24)16(23)15(9-22)29-20/h2-8,15-18,20,22-25H,9H2,1H3/t15-,16-,17+,18+,20+/m1/s1. The van der Waals surface area contributed by atoms with Crippen LogP contribution in [0.3, 0.4) is 0 Å². The van der Waals surface area contributed by atoms with Crippen LogP contribution in [0.15, 0.2) is 42.5 Å². The molecule has 0 radical (unpaired) electrons. The third-order valence-electron chi connectivity index (χ3n) is 4.64. The van der Waals surface area contributed by atoms with Gasteiger partial charge in [-0.15, -0.1) is 0 Å². The third-order valence-corrected chi connectivity index (χ3v) is 4.94. The summed E-state index contributed by atoms with van der Waals surface area (Å²) in [7, 11) is 1.30. The van der Waals surface area contributed by atoms with Crippen molar-refractivity contribution in [1.29, 1.82) is 0 Å². The van der Waals surface area contributed by atoms with E-state index in [1.54, 1.807) is 42.5 Å². The lowest BCUT2D eigenvalue weighted by atomic mass is 9.99. The topological polar surface area (TPSA) is 126 Å². The monoisotopic (exact) mass is 424 g/mol. The molecule has 156 valence electrons. The fourth-order valence-electron chi connectivity index (χ4n) is 3.01. The van der Waals surface area contributed by atoms with Gasteiger partial charge in [0.25, 0.3) is 0 Å². The molecular weight excluding hydrogens is 404 g/mol. The summed E-state index contributed by atoms with van der Waals surface area (Å²) in [6.07, 6.45) is -6.99. The van der Waals surface area contributed by atoms with E-state index in [4.69, 9.17) is 25.8 Å². The Bertz CT molecular complexity index is 871. The molecule has 0 aromatic heterocycles. The fraction of sp³-hybridized carbons (Fsp3) is 0.350. The Labute approximate surface area is 171 Å². The quantitative estimate of drug-likeness (QED) is 0.523. The molecule has 1 aliphatic heterocycles. The second kappa shape index (κ2) is 9.08. The molecule has 29 heavy (non-hydrogen) atoms. The molecule has 2 aromatic rings. The van der Waals surface area contributed by atoms with Gasteiger partial charge in [0.1, 0.15) is 30.2 Å². The first kappa shape index (κ1) is 21.5. The number of esters is 1. The molecule has 9 heteroatoms. The molecule has 1 heterocycles. The minimum atomic E-state index is -1.55. The summed E-state index contributed by atoms with van der Waals surface area (Å²) < 4.78 is 15.6. The predicted molar refractivity (Wildman–Crippen MR) is 103 cm³/mol. The Morgan fingerprint density at radius 1 is 1.07 bits per heavy atom. The van der Waals surface area contributed by atoms with E-state index in [0.717, 1.165) is 5.56 Å². The minimum absolute atomic E-state index is 0.170. The van der Waals surface area contributed by atoms with E-state index in [1.165, 1.54) is 7.11 Å². The van der Waals surface area contributed by atoms with Gasteiger partial charge in [-0.2, -0.15) is 0 Å². The van der Waals surface area contributed by atoms with Crippen LogP contribution in [0, 0.1) is 0 Å². The normalized spacial score (nSPS) is 26.8. The van der Waals surface area contributed by atoms with Crippen LogP contribution >= 0.6 is 11.6 Å². The molecular formula is C20H21ClO8. The lowest BCUT2D eigenvalue weighted by molar-refractivity contribution is -0.277. The first-order valence-electron chi connectivity index (χ1n) is 8.81. The number of hydrogen-bond acceptors (Lipinski definition) is 8. The molecule has 0 bridgehead atoms. The van der Waals surface area contributed by atoms with Crippen molar-refractivity contribution in [3.63, 3.8) is 0 Å². The SMILES string of the molecule is COC(=O)c1cccc(-c2ccc(O[C@H]3O[C@H](CO)[C@@H](O)[C@H](O)[C@@H]3O)c(Cl)c2)c1. The predicted octanol–water partition coefficient (Wildman–Crippen LogP) is 0.972. The fourth-order valence-corrected chi connectivity index (χ4v) is 3.23. The van der Waals surface area contributed by atoms with Crippen LogP contribution < -0.4 is 4.74 Å². The minimum Gasteiger partial charge on any atom is -0.465 e. The molecule has 1 aliphatic rings. The van der Waals surface area contributed by atoms with E-state index < -0.39 is 43.3 Å². The van der Waals surface area contributed by atoms with Gasteiger partial charge in [-0.1, -0.05) is 29.8 Å². The van der Waals surface area contributed by atoms with Crippen molar-refractivity contribution in [2.75, 3.05) is 13.7 Å². The van der Waals surface area contributed by atoms with Gasteiger partial charge in [0, 0.05) is 0 Å². The lowest BCUT2D eigenvalue weighted by Gasteiger charge is -2.39. The van der Waals surface area contributed by atoms with Crippen molar-refractivity contribution in [1.82, 2.24) is 0 Å². The average molecular weight is 425 g/mol. The summed E-state index contributed by atoms with van der Waals surface area (Å²) >= 11 is 6.30. The van der Waals surface area contributed by atoms with Crippen LogP contribution in [0.25, 0.3) is 11.1 Å². The van der Waals surface area contributed by atoms with Crippen LogP contribution in [0.1, 0.15) is 10.4 Å². The van der Waals surface area contributed by atoms with Crippen molar-refractivity contribution in [3.05, 3.63) is 53.1 Å². The Hall–Kier alpha value is -2.20. The van der Waals surface area contributed by atoms with Gasteiger partial charge in [-0.3, -0.25) is 0 Å². The number of methoxy groups -OCH3 is 1. The second-order valence-electron chi connectivity index (χ2n) is 6.53. The van der Waals surface area contributed by atoms with Gasteiger partial charge in [0.2, 0.25) is 6.29 Å². The molecule has 3 rings (SSSR count). The zero-order valence-corrected chi connectivity index (χ0v) is 16.2. The van der Waals surface area contributed by atoms with Crippen LogP contribution in [0.5, 0.6) is 5.75 Å². The Morgan fingerprint density at radius 2 is 1.79 bits per heavy atom. The number of ether oxygens (including phenoxy) is 3. The lowest BCUT2D eigenvalue weighted by Crippen LogP contribution is -2.60. The van der Waals surface area contributed by atoms with Crippen molar-refractivity contribution in [2.45, 2.75) is 30.7 Å². The highest BCUT2D eigenvalue weighted by Gasteiger charge is 2.44. The highest BCUT2D eigenvalue weighted by atomic mass is 35.5. The van der Waals surface area contributed by atoms with Crippen molar-refractivity contribution >= 4 is 17.6 Å². The van der Waals surface area contributed by atoms with Crippen molar-refractivity contribution in [2.24, 2.45) is 0 Å². The van der Waals surface area contributed by atoms with Gasteiger partial charge in [-0.25, -0.2) is 4.79 Å². The maximum Gasteiger partial charge on any atom is 0.337 e. The van der Waals surface area contributed by atoms with Gasteiger partial charge < -0.3 is 34.6 Å². The summed E-state index contributed by atoms with van der Waals surface area (Å²) in [5.74, 6) is -0.288. The third kappa shape index (κ3) is 4.53. The van der Waals surface area contributed by atoms with E-state index in [1.807, 2.05) is 0 Å². The molecule has 0 spiro atoms. The second-order valence-corrected chi connectivity index (χ2v) is 6.94. The van der Waals surface area contributed by atoms with E-state index in [0.29, 0.717) is 11.1 Å². The molecule has 0 unspecified atom stereocenters. The average Bonchev–Trinajstić information content (AvgIpc) is 2.74. The molecule has 0 saturated carbocycles. The van der Waals surface area contributed by atoms with Gasteiger partial charge in [-0.05, 0) is 35.4 Å². The van der Waals surface area contributed by atoms with Crippen LogP contribution in [-0.2, 0) is 9.47 Å². The summed E-state index contributed by atoms with van der Waals surface area (Å²) in [6, 6.07) is 11.7. The number of carbonyl (C=O) groups is 1. The molecule has 4 N–H and O–H groups in total. The largest absolute Gasteiger partial charge is 0.465 e. The molecule has 5 atom stereocenters. The van der Waals surface area contributed by atoms with Crippen LogP contribution in [-0.4, -0.2) is 70.8 Å². The summed E-state index contributed by atoms with van der Waals surface area (Å²) in [5, 5.41) is 39.2. The number of rotatable bonds is 5.